The van der Waals surface area contributed by atoms with Crippen molar-refractivity contribution in [3.05, 3.63) is 11.1 Å². The molecule has 1 aliphatic rings. The summed E-state index contributed by atoms with van der Waals surface area (Å²) in [4.78, 5) is 7.04. The minimum atomic E-state index is 0.691. The second kappa shape index (κ2) is 3.66. The normalized spacial score (nSPS) is 22.6. The Morgan fingerprint density at radius 3 is 3.08 bits per heavy atom. The van der Waals surface area contributed by atoms with Gasteiger partial charge >= 0.3 is 0 Å². The van der Waals surface area contributed by atoms with E-state index in [4.69, 9.17) is 0 Å². The first-order chi connectivity index (χ1) is 6.31. The number of aryl methyl sites for hydroxylation is 1. The third kappa shape index (κ3) is 1.70. The van der Waals surface area contributed by atoms with Gasteiger partial charge in [0, 0.05) is 18.0 Å². The van der Waals surface area contributed by atoms with E-state index in [-0.39, 0.29) is 0 Å². The van der Waals surface area contributed by atoms with Gasteiger partial charge in [0.1, 0.15) is 0 Å². The van der Waals surface area contributed by atoms with Crippen molar-refractivity contribution in [2.24, 2.45) is 0 Å². The highest BCUT2D eigenvalue weighted by molar-refractivity contribution is 7.13. The first-order valence-corrected chi connectivity index (χ1v) is 5.90. The molecule has 1 saturated heterocycles. The van der Waals surface area contributed by atoms with Gasteiger partial charge in [0.2, 0.25) is 0 Å². The maximum absolute atomic E-state index is 4.61. The van der Waals surface area contributed by atoms with Gasteiger partial charge in [-0.15, -0.1) is 11.3 Å². The molecule has 0 saturated carbocycles. The van der Waals surface area contributed by atoms with Gasteiger partial charge in [-0.3, -0.25) is 0 Å². The molecule has 2 nitrogen and oxygen atoms in total. The van der Waals surface area contributed by atoms with Crippen LogP contribution in [0.15, 0.2) is 5.38 Å². The molecule has 0 aliphatic carbocycles. The molecule has 0 aromatic carbocycles. The summed E-state index contributed by atoms with van der Waals surface area (Å²) >= 11 is 1.79. The number of hydrogen-bond donors (Lipinski definition) is 0. The van der Waals surface area contributed by atoms with Gasteiger partial charge in [-0.1, -0.05) is 6.92 Å². The fraction of sp³-hybridized carbons (Fsp3) is 0.700. The Bertz CT molecular complexity index is 282. The van der Waals surface area contributed by atoms with Crippen molar-refractivity contribution in [2.75, 3.05) is 11.4 Å². The van der Waals surface area contributed by atoms with E-state index in [0.29, 0.717) is 6.04 Å². The summed E-state index contributed by atoms with van der Waals surface area (Å²) in [5, 5.41) is 3.40. The molecule has 0 N–H and O–H groups in total. The standard InChI is InChI=1S/C10H16N2S/c1-3-9-7-13-10(11-9)12-6-4-5-8(12)2/h7-8H,3-6H2,1-2H3/t8-/m0/s1. The van der Waals surface area contributed by atoms with Crippen molar-refractivity contribution in [3.8, 4) is 0 Å². The largest absolute Gasteiger partial charge is 0.345 e. The zero-order chi connectivity index (χ0) is 9.26. The lowest BCUT2D eigenvalue weighted by atomic mass is 10.2. The van der Waals surface area contributed by atoms with Crippen LogP contribution in [0.1, 0.15) is 32.4 Å². The third-order valence-electron chi connectivity index (χ3n) is 2.70. The fourth-order valence-electron chi connectivity index (χ4n) is 1.81. The molecule has 1 aromatic rings. The first-order valence-electron chi connectivity index (χ1n) is 5.02. The summed E-state index contributed by atoms with van der Waals surface area (Å²) in [5.74, 6) is 0. The van der Waals surface area contributed by atoms with Gasteiger partial charge in [-0.2, -0.15) is 0 Å². The average molecular weight is 196 g/mol. The molecule has 2 heterocycles. The van der Waals surface area contributed by atoms with E-state index in [1.165, 1.54) is 30.2 Å². The van der Waals surface area contributed by atoms with E-state index in [1.807, 2.05) is 0 Å². The van der Waals surface area contributed by atoms with Crippen molar-refractivity contribution in [2.45, 2.75) is 39.2 Å². The van der Waals surface area contributed by atoms with Gasteiger partial charge in [0.15, 0.2) is 5.13 Å². The summed E-state index contributed by atoms with van der Waals surface area (Å²) in [6.45, 7) is 5.64. The van der Waals surface area contributed by atoms with E-state index < -0.39 is 0 Å². The number of anilines is 1. The summed E-state index contributed by atoms with van der Waals surface area (Å²) in [7, 11) is 0. The minimum absolute atomic E-state index is 0.691. The van der Waals surface area contributed by atoms with E-state index in [1.54, 1.807) is 11.3 Å². The van der Waals surface area contributed by atoms with Gasteiger partial charge < -0.3 is 4.90 Å². The number of hydrogen-bond acceptors (Lipinski definition) is 3. The SMILES string of the molecule is CCc1csc(N2CCC[C@@H]2C)n1. The number of thiazole rings is 1. The summed E-state index contributed by atoms with van der Waals surface area (Å²) in [5.41, 5.74) is 1.24. The van der Waals surface area contributed by atoms with E-state index in [2.05, 4.69) is 29.1 Å². The lowest BCUT2D eigenvalue weighted by Crippen LogP contribution is -2.25. The number of aromatic nitrogens is 1. The Balaban J connectivity index is 2.15. The second-order valence-corrected chi connectivity index (χ2v) is 4.50. The number of nitrogens with zero attached hydrogens (tertiary/aromatic N) is 2. The predicted molar refractivity (Wildman–Crippen MR) is 57.5 cm³/mol. The highest BCUT2D eigenvalue weighted by Gasteiger charge is 2.22. The minimum Gasteiger partial charge on any atom is -0.345 e. The molecule has 0 spiro atoms. The van der Waals surface area contributed by atoms with E-state index >= 15 is 0 Å². The molecule has 0 amide bonds. The quantitative estimate of drug-likeness (QED) is 0.723. The third-order valence-corrected chi connectivity index (χ3v) is 3.63. The van der Waals surface area contributed by atoms with Crippen LogP contribution < -0.4 is 4.90 Å². The monoisotopic (exact) mass is 196 g/mol. The Labute approximate surface area is 83.6 Å². The predicted octanol–water partition coefficient (Wildman–Crippen LogP) is 2.69. The van der Waals surface area contributed by atoms with Crippen LogP contribution in [0.4, 0.5) is 5.13 Å². The number of rotatable bonds is 2. The van der Waals surface area contributed by atoms with Crippen LogP contribution in [-0.4, -0.2) is 17.6 Å². The molecule has 0 unspecified atom stereocenters. The molecule has 2 rings (SSSR count). The Kier molecular flexibility index (Phi) is 2.54. The highest BCUT2D eigenvalue weighted by atomic mass is 32.1. The molecule has 0 bridgehead atoms. The van der Waals surface area contributed by atoms with Crippen molar-refractivity contribution in [1.82, 2.24) is 4.98 Å². The summed E-state index contributed by atoms with van der Waals surface area (Å²) in [6, 6.07) is 0.691. The van der Waals surface area contributed by atoms with Crippen LogP contribution in [-0.2, 0) is 6.42 Å². The average Bonchev–Trinajstić information content (AvgIpc) is 2.71. The van der Waals surface area contributed by atoms with Crippen molar-refractivity contribution in [1.29, 1.82) is 0 Å². The zero-order valence-electron chi connectivity index (χ0n) is 8.29. The molecule has 13 heavy (non-hydrogen) atoms. The van der Waals surface area contributed by atoms with Crippen LogP contribution in [0.5, 0.6) is 0 Å². The van der Waals surface area contributed by atoms with Crippen LogP contribution in [0.2, 0.25) is 0 Å². The van der Waals surface area contributed by atoms with Crippen molar-refractivity contribution >= 4 is 16.5 Å². The summed E-state index contributed by atoms with van der Waals surface area (Å²) in [6.07, 6.45) is 3.70. The van der Waals surface area contributed by atoms with Crippen LogP contribution in [0.25, 0.3) is 0 Å². The van der Waals surface area contributed by atoms with Crippen LogP contribution in [0, 0.1) is 0 Å². The van der Waals surface area contributed by atoms with Crippen LogP contribution >= 0.6 is 11.3 Å². The smallest absolute Gasteiger partial charge is 0.185 e. The lowest BCUT2D eigenvalue weighted by molar-refractivity contribution is 0.732. The topological polar surface area (TPSA) is 16.1 Å². The highest BCUT2D eigenvalue weighted by Crippen LogP contribution is 2.28. The van der Waals surface area contributed by atoms with Gasteiger partial charge in [0.25, 0.3) is 0 Å². The molecule has 1 aromatic heterocycles. The Hall–Kier alpha value is -0.570. The Morgan fingerprint density at radius 2 is 2.54 bits per heavy atom. The molecule has 72 valence electrons. The van der Waals surface area contributed by atoms with Crippen molar-refractivity contribution in [3.63, 3.8) is 0 Å². The second-order valence-electron chi connectivity index (χ2n) is 3.66. The molecule has 3 heteroatoms. The van der Waals surface area contributed by atoms with E-state index in [0.717, 1.165) is 6.42 Å². The Morgan fingerprint density at radius 1 is 1.69 bits per heavy atom. The van der Waals surface area contributed by atoms with Gasteiger partial charge in [-0.25, -0.2) is 4.98 Å². The molecular weight excluding hydrogens is 180 g/mol. The fourth-order valence-corrected chi connectivity index (χ4v) is 2.85. The maximum Gasteiger partial charge on any atom is 0.185 e. The molecule has 0 radical (unpaired) electrons. The molecular formula is C10H16N2S. The first kappa shape index (κ1) is 9.00. The van der Waals surface area contributed by atoms with E-state index in [9.17, 15) is 0 Å². The lowest BCUT2D eigenvalue weighted by Gasteiger charge is -2.19. The van der Waals surface area contributed by atoms with Gasteiger partial charge in [0.05, 0.1) is 5.69 Å². The van der Waals surface area contributed by atoms with Crippen LogP contribution in [0.3, 0.4) is 0 Å². The van der Waals surface area contributed by atoms with Crippen molar-refractivity contribution < 1.29 is 0 Å². The molecule has 1 fully saturated rings. The zero-order valence-corrected chi connectivity index (χ0v) is 9.10. The molecule has 1 aliphatic heterocycles. The maximum atomic E-state index is 4.61. The molecule has 1 atom stereocenters. The van der Waals surface area contributed by atoms with Gasteiger partial charge in [-0.05, 0) is 26.2 Å². The summed E-state index contributed by atoms with van der Waals surface area (Å²) < 4.78 is 0.